The number of benzene rings is 3. The number of aromatic nitrogens is 2. The fourth-order valence-corrected chi connectivity index (χ4v) is 3.46. The van der Waals surface area contributed by atoms with Gasteiger partial charge < -0.3 is 4.84 Å². The van der Waals surface area contributed by atoms with Gasteiger partial charge in [-0.15, -0.1) is 0 Å². The molecule has 3 aromatic carbocycles. The number of hydrogen-bond acceptors (Lipinski definition) is 3. The number of carbonyl (C=O) groups excluding carboxylic acids is 1. The summed E-state index contributed by atoms with van der Waals surface area (Å²) < 4.78 is 3.22. The van der Waals surface area contributed by atoms with E-state index in [1.807, 2.05) is 54.6 Å². The summed E-state index contributed by atoms with van der Waals surface area (Å²) >= 11 is 6.85. The van der Waals surface area contributed by atoms with E-state index < -0.39 is 5.97 Å². The van der Waals surface area contributed by atoms with Crippen molar-refractivity contribution in [2.24, 2.45) is 0 Å². The maximum atomic E-state index is 12.7. The average Bonchev–Trinajstić information content (AvgIpc) is 3.00. The van der Waals surface area contributed by atoms with Gasteiger partial charge in [-0.3, -0.25) is 0 Å². The lowest BCUT2D eigenvalue weighted by Crippen LogP contribution is -2.20. The van der Waals surface area contributed by atoms with Crippen LogP contribution in [0.3, 0.4) is 0 Å². The summed E-state index contributed by atoms with van der Waals surface area (Å²) in [5.41, 5.74) is 2.78. The monoisotopic (exact) mass is 470 g/mol. The summed E-state index contributed by atoms with van der Waals surface area (Å²) in [6, 6.07) is 22.4. The van der Waals surface area contributed by atoms with E-state index in [-0.39, 0.29) is 0 Å². The molecule has 1 heterocycles. The molecule has 0 unspecified atom stereocenters. The Hall–Kier alpha value is -2.44. The highest BCUT2D eigenvalue weighted by Gasteiger charge is 2.18. The molecule has 1 aromatic heterocycles. The summed E-state index contributed by atoms with van der Waals surface area (Å²) in [5, 5.41) is 0. The topological polar surface area (TPSA) is 44.1 Å². The molecule has 0 saturated heterocycles. The van der Waals surface area contributed by atoms with E-state index in [2.05, 4.69) is 36.8 Å². The number of halogens is 2. The number of nitrogens with zero attached hydrogens (tertiary/aromatic N) is 2. The van der Waals surface area contributed by atoms with Gasteiger partial charge in [-0.05, 0) is 42.5 Å². The molecule has 26 heavy (non-hydrogen) atoms. The summed E-state index contributed by atoms with van der Waals surface area (Å²) in [4.78, 5) is 23.0. The van der Waals surface area contributed by atoms with Gasteiger partial charge in [0.05, 0.1) is 11.1 Å². The number of carbonyl (C=O) groups is 1. The second kappa shape index (κ2) is 7.05. The Kier molecular flexibility index (Phi) is 4.61. The van der Waals surface area contributed by atoms with Crippen molar-refractivity contribution in [2.75, 3.05) is 0 Å². The van der Waals surface area contributed by atoms with Gasteiger partial charge in [-0.2, -0.15) is 4.73 Å². The number of rotatable bonds is 3. The second-order valence-corrected chi connectivity index (χ2v) is 7.45. The van der Waals surface area contributed by atoms with Gasteiger partial charge in [-0.25, -0.2) is 9.78 Å². The highest BCUT2D eigenvalue weighted by molar-refractivity contribution is 9.10. The Bertz CT molecular complexity index is 1120. The fourth-order valence-electron chi connectivity index (χ4n) is 2.66. The first-order chi connectivity index (χ1) is 12.6. The number of hydrogen-bond donors (Lipinski definition) is 0. The third-order valence-corrected chi connectivity index (χ3v) is 4.82. The minimum atomic E-state index is -0.453. The van der Waals surface area contributed by atoms with Crippen LogP contribution < -0.4 is 4.84 Å². The van der Waals surface area contributed by atoms with Crippen molar-refractivity contribution in [3.05, 3.63) is 87.3 Å². The number of fused-ring (bicyclic) bond motifs is 1. The lowest BCUT2D eigenvalue weighted by molar-refractivity contribution is 0.0487. The number of imidazole rings is 1. The minimum absolute atomic E-state index is 0.453. The molecule has 0 aliphatic carbocycles. The van der Waals surface area contributed by atoms with Gasteiger partial charge in [0.15, 0.2) is 5.82 Å². The molecular formula is C20H12Br2N2O2. The molecule has 6 heteroatoms. The molecule has 0 amide bonds. The van der Waals surface area contributed by atoms with Crippen LogP contribution in [0.2, 0.25) is 0 Å². The van der Waals surface area contributed by atoms with Crippen LogP contribution in [0.1, 0.15) is 10.4 Å². The van der Waals surface area contributed by atoms with Gasteiger partial charge in [0, 0.05) is 14.5 Å². The van der Waals surface area contributed by atoms with E-state index in [1.54, 1.807) is 18.2 Å². The Morgan fingerprint density at radius 3 is 2.38 bits per heavy atom. The normalized spacial score (nSPS) is 10.8. The molecular weight excluding hydrogens is 460 g/mol. The summed E-state index contributed by atoms with van der Waals surface area (Å²) in [5.74, 6) is 0.113. The zero-order chi connectivity index (χ0) is 18.1. The van der Waals surface area contributed by atoms with Crippen molar-refractivity contribution in [1.82, 2.24) is 9.71 Å². The van der Waals surface area contributed by atoms with E-state index in [4.69, 9.17) is 4.84 Å². The summed E-state index contributed by atoms with van der Waals surface area (Å²) in [6.07, 6.45) is 0. The van der Waals surface area contributed by atoms with Gasteiger partial charge in [0.25, 0.3) is 0 Å². The van der Waals surface area contributed by atoms with Crippen LogP contribution in [-0.2, 0) is 0 Å². The van der Waals surface area contributed by atoms with Gasteiger partial charge in [0.1, 0.15) is 5.52 Å². The van der Waals surface area contributed by atoms with Crippen molar-refractivity contribution < 1.29 is 9.63 Å². The quantitative estimate of drug-likeness (QED) is 0.396. The molecule has 4 aromatic rings. The third kappa shape index (κ3) is 3.30. The summed E-state index contributed by atoms with van der Waals surface area (Å²) in [7, 11) is 0. The highest BCUT2D eigenvalue weighted by atomic mass is 79.9. The predicted molar refractivity (Wildman–Crippen MR) is 108 cm³/mol. The molecule has 0 fully saturated rings. The molecule has 0 atom stereocenters. The van der Waals surface area contributed by atoms with Crippen molar-refractivity contribution in [3.63, 3.8) is 0 Å². The Morgan fingerprint density at radius 1 is 0.885 bits per heavy atom. The molecule has 0 aliphatic heterocycles. The van der Waals surface area contributed by atoms with Crippen LogP contribution >= 0.6 is 31.9 Å². The maximum absolute atomic E-state index is 12.7. The lowest BCUT2D eigenvalue weighted by atomic mass is 10.2. The van der Waals surface area contributed by atoms with Crippen molar-refractivity contribution in [1.29, 1.82) is 0 Å². The molecule has 4 rings (SSSR count). The molecule has 0 spiro atoms. The predicted octanol–water partition coefficient (Wildman–Crippen LogP) is 5.50. The van der Waals surface area contributed by atoms with E-state index in [0.29, 0.717) is 11.4 Å². The molecule has 4 nitrogen and oxygen atoms in total. The first-order valence-electron chi connectivity index (χ1n) is 7.83. The van der Waals surface area contributed by atoms with Gasteiger partial charge >= 0.3 is 5.97 Å². The molecule has 0 saturated carbocycles. The Balaban J connectivity index is 1.83. The van der Waals surface area contributed by atoms with Crippen molar-refractivity contribution >= 4 is 48.9 Å². The van der Waals surface area contributed by atoms with E-state index in [0.717, 1.165) is 25.5 Å². The second-order valence-electron chi connectivity index (χ2n) is 5.62. The number of para-hydroxylation sites is 2. The van der Waals surface area contributed by atoms with Gasteiger partial charge in [-0.1, -0.05) is 62.2 Å². The zero-order valence-electron chi connectivity index (χ0n) is 13.4. The summed E-state index contributed by atoms with van der Waals surface area (Å²) in [6.45, 7) is 0. The van der Waals surface area contributed by atoms with Crippen LogP contribution in [0.4, 0.5) is 0 Å². The van der Waals surface area contributed by atoms with Crippen LogP contribution in [0.15, 0.2) is 81.7 Å². The van der Waals surface area contributed by atoms with E-state index in [9.17, 15) is 4.79 Å². The zero-order valence-corrected chi connectivity index (χ0v) is 16.6. The smallest absolute Gasteiger partial charge is 0.329 e. The van der Waals surface area contributed by atoms with Crippen LogP contribution in [0.25, 0.3) is 22.4 Å². The molecule has 128 valence electrons. The van der Waals surface area contributed by atoms with E-state index >= 15 is 0 Å². The Labute approximate surface area is 166 Å². The minimum Gasteiger partial charge on any atom is -0.329 e. The van der Waals surface area contributed by atoms with Crippen LogP contribution in [0.5, 0.6) is 0 Å². The molecule has 0 radical (unpaired) electrons. The lowest BCUT2D eigenvalue weighted by Gasteiger charge is -2.10. The first-order valence-corrected chi connectivity index (χ1v) is 9.42. The van der Waals surface area contributed by atoms with Crippen molar-refractivity contribution in [3.8, 4) is 11.4 Å². The average molecular weight is 472 g/mol. The van der Waals surface area contributed by atoms with Gasteiger partial charge in [0.2, 0.25) is 0 Å². The molecule has 0 aliphatic rings. The third-order valence-electron chi connectivity index (χ3n) is 3.84. The van der Waals surface area contributed by atoms with Crippen molar-refractivity contribution in [2.45, 2.75) is 0 Å². The first kappa shape index (κ1) is 17.0. The molecule has 0 N–H and O–H groups in total. The highest BCUT2D eigenvalue weighted by Crippen LogP contribution is 2.26. The largest absolute Gasteiger partial charge is 0.363 e. The SMILES string of the molecule is O=C(On1c(-c2cccc(Br)c2)nc2ccccc21)c1cccc(Br)c1. The fraction of sp³-hybridized carbons (Fsp3) is 0. The molecule has 0 bridgehead atoms. The standard InChI is InChI=1S/C20H12Br2N2O2/c21-15-7-3-5-13(11-15)19-23-17-9-1-2-10-18(17)24(19)26-20(25)14-6-4-8-16(22)12-14/h1-12H. The maximum Gasteiger partial charge on any atom is 0.363 e. The van der Waals surface area contributed by atoms with E-state index in [1.165, 1.54) is 4.73 Å². The Morgan fingerprint density at radius 2 is 1.62 bits per heavy atom. The van der Waals surface area contributed by atoms with Crippen LogP contribution in [-0.4, -0.2) is 15.7 Å². The van der Waals surface area contributed by atoms with Crippen LogP contribution in [0, 0.1) is 0 Å².